The molecule has 2 aromatic rings. The van der Waals surface area contributed by atoms with Crippen LogP contribution >= 0.6 is 23.2 Å². The lowest BCUT2D eigenvalue weighted by Gasteiger charge is -2.26. The van der Waals surface area contributed by atoms with Gasteiger partial charge in [0.2, 0.25) is 0 Å². The average molecular weight is 421 g/mol. The molecule has 144 valence electrons. The second-order valence-electron chi connectivity index (χ2n) is 5.72. The number of aromatic hydroxyl groups is 1. The Balaban J connectivity index is 2.01. The lowest BCUT2D eigenvalue weighted by atomic mass is 10.1. The van der Waals surface area contributed by atoms with Crippen LogP contribution in [0.2, 0.25) is 10.0 Å². The number of nitrogens with one attached hydrogen (secondary N) is 1. The van der Waals surface area contributed by atoms with Crippen molar-refractivity contribution >= 4 is 52.8 Å². The molecule has 1 heterocycles. The van der Waals surface area contributed by atoms with Gasteiger partial charge in [-0.2, -0.15) is 0 Å². The maximum Gasteiger partial charge on any atom is 0.335 e. The van der Waals surface area contributed by atoms with Crippen molar-refractivity contribution in [2.24, 2.45) is 0 Å². The average Bonchev–Trinajstić information content (AvgIpc) is 2.64. The molecule has 0 saturated carbocycles. The molecule has 0 atom stereocenters. The molecule has 1 saturated heterocycles. The van der Waals surface area contributed by atoms with E-state index in [1.807, 2.05) is 0 Å². The largest absolute Gasteiger partial charge is 0.504 e. The molecule has 28 heavy (non-hydrogen) atoms. The first-order valence-corrected chi connectivity index (χ1v) is 8.89. The number of carbonyl (C=O) groups excluding carboxylic acids is 3. The van der Waals surface area contributed by atoms with E-state index in [2.05, 4.69) is 5.32 Å². The van der Waals surface area contributed by atoms with Crippen LogP contribution in [-0.4, -0.2) is 29.6 Å². The third-order valence-corrected chi connectivity index (χ3v) is 4.60. The van der Waals surface area contributed by atoms with Crippen molar-refractivity contribution in [3.8, 4) is 11.5 Å². The van der Waals surface area contributed by atoms with Crippen LogP contribution < -0.4 is 15.0 Å². The summed E-state index contributed by atoms with van der Waals surface area (Å²) in [4.78, 5) is 38.1. The van der Waals surface area contributed by atoms with Crippen LogP contribution in [0.4, 0.5) is 10.5 Å². The summed E-state index contributed by atoms with van der Waals surface area (Å²) in [5, 5.41) is 12.3. The molecule has 4 amide bonds. The highest BCUT2D eigenvalue weighted by Crippen LogP contribution is 2.31. The number of halogens is 2. The number of nitrogens with zero attached hydrogens (tertiary/aromatic N) is 1. The lowest BCUT2D eigenvalue weighted by molar-refractivity contribution is -0.122. The highest BCUT2D eigenvalue weighted by molar-refractivity contribution is 6.43. The fourth-order valence-electron chi connectivity index (χ4n) is 2.57. The number of phenols is 1. The Kier molecular flexibility index (Phi) is 5.58. The second kappa shape index (κ2) is 7.92. The molecule has 1 aliphatic heterocycles. The number of rotatable bonds is 4. The topological polar surface area (TPSA) is 95.9 Å². The van der Waals surface area contributed by atoms with Crippen molar-refractivity contribution in [1.29, 1.82) is 0 Å². The normalized spacial score (nSPS) is 15.8. The predicted molar refractivity (Wildman–Crippen MR) is 105 cm³/mol. The summed E-state index contributed by atoms with van der Waals surface area (Å²) >= 11 is 11.8. The smallest absolute Gasteiger partial charge is 0.335 e. The van der Waals surface area contributed by atoms with Gasteiger partial charge in [0.1, 0.15) is 5.57 Å². The number of benzene rings is 2. The summed E-state index contributed by atoms with van der Waals surface area (Å²) in [6.07, 6.45) is 1.30. The monoisotopic (exact) mass is 420 g/mol. The summed E-state index contributed by atoms with van der Waals surface area (Å²) in [5.41, 5.74) is 0.331. The zero-order chi connectivity index (χ0) is 20.4. The number of phenolic OH excluding ortho intramolecular Hbond substituents is 1. The summed E-state index contributed by atoms with van der Waals surface area (Å²) in [6, 6.07) is 7.69. The zero-order valence-corrected chi connectivity index (χ0v) is 16.0. The molecule has 0 spiro atoms. The quantitative estimate of drug-likeness (QED) is 0.579. The number of barbiturate groups is 1. The summed E-state index contributed by atoms with van der Waals surface area (Å²) < 4.78 is 5.30. The van der Waals surface area contributed by atoms with Crippen LogP contribution in [0.1, 0.15) is 12.5 Å². The Morgan fingerprint density at radius 1 is 1.11 bits per heavy atom. The lowest BCUT2D eigenvalue weighted by Crippen LogP contribution is -2.54. The molecule has 0 aliphatic carbocycles. The Bertz CT molecular complexity index is 1020. The number of ether oxygens (including phenoxy) is 1. The minimum Gasteiger partial charge on any atom is -0.504 e. The summed E-state index contributed by atoms with van der Waals surface area (Å²) in [5.74, 6) is -1.52. The van der Waals surface area contributed by atoms with Gasteiger partial charge in [-0.1, -0.05) is 29.3 Å². The minimum atomic E-state index is -0.897. The maximum absolute atomic E-state index is 12.8. The second-order valence-corrected chi connectivity index (χ2v) is 6.53. The summed E-state index contributed by atoms with van der Waals surface area (Å²) in [7, 11) is 0. The number of urea groups is 1. The summed E-state index contributed by atoms with van der Waals surface area (Å²) in [6.45, 7) is 2.08. The van der Waals surface area contributed by atoms with Crippen LogP contribution in [-0.2, 0) is 9.59 Å². The third kappa shape index (κ3) is 3.81. The third-order valence-electron chi connectivity index (χ3n) is 3.86. The maximum atomic E-state index is 12.8. The Hall–Kier alpha value is -3.03. The van der Waals surface area contributed by atoms with Gasteiger partial charge in [-0.3, -0.25) is 14.9 Å². The molecular formula is C19H14Cl2N2O5. The van der Waals surface area contributed by atoms with Gasteiger partial charge in [-0.25, -0.2) is 9.69 Å². The zero-order valence-electron chi connectivity index (χ0n) is 14.5. The van der Waals surface area contributed by atoms with Crippen molar-refractivity contribution < 1.29 is 24.2 Å². The van der Waals surface area contributed by atoms with Crippen molar-refractivity contribution in [2.45, 2.75) is 6.92 Å². The number of imide groups is 2. The van der Waals surface area contributed by atoms with Gasteiger partial charge in [0.15, 0.2) is 11.5 Å². The Labute approximate surface area is 170 Å². The van der Waals surface area contributed by atoms with Crippen LogP contribution in [0.3, 0.4) is 0 Å². The van der Waals surface area contributed by atoms with E-state index in [0.717, 1.165) is 4.90 Å². The Morgan fingerprint density at radius 3 is 2.54 bits per heavy atom. The van der Waals surface area contributed by atoms with Crippen LogP contribution in [0.5, 0.6) is 11.5 Å². The van der Waals surface area contributed by atoms with E-state index >= 15 is 0 Å². The molecule has 0 bridgehead atoms. The van der Waals surface area contributed by atoms with Gasteiger partial charge in [0, 0.05) is 0 Å². The molecule has 9 heteroatoms. The SMILES string of the molecule is CCOc1cc(/C=C2\C(=O)NC(=O)N(c3ccc(Cl)c(Cl)c3)C2=O)ccc1O. The number of hydrogen-bond acceptors (Lipinski definition) is 5. The first kappa shape index (κ1) is 19.7. The standard InChI is InChI=1S/C19H14Cl2N2O5/c1-2-28-16-8-10(3-6-15(16)24)7-12-17(25)22-19(27)23(18(12)26)11-4-5-13(20)14(21)9-11/h3-9,24H,2H2,1H3,(H,22,25,27)/b12-7+. The van der Waals surface area contributed by atoms with Gasteiger partial charge in [-0.05, 0) is 48.9 Å². The van der Waals surface area contributed by atoms with Crippen LogP contribution in [0.25, 0.3) is 6.08 Å². The predicted octanol–water partition coefficient (Wildman–Crippen LogP) is 3.76. The fraction of sp³-hybridized carbons (Fsp3) is 0.105. The highest BCUT2D eigenvalue weighted by Gasteiger charge is 2.37. The highest BCUT2D eigenvalue weighted by atomic mass is 35.5. The van der Waals surface area contributed by atoms with Crippen molar-refractivity contribution in [2.75, 3.05) is 11.5 Å². The molecule has 2 N–H and O–H groups in total. The van der Waals surface area contributed by atoms with Crippen molar-refractivity contribution in [1.82, 2.24) is 5.32 Å². The number of amides is 4. The molecule has 3 rings (SSSR count). The van der Waals surface area contributed by atoms with E-state index < -0.39 is 17.8 Å². The molecule has 0 unspecified atom stereocenters. The molecule has 0 aromatic heterocycles. The first-order chi connectivity index (χ1) is 13.3. The van der Waals surface area contributed by atoms with E-state index in [9.17, 15) is 19.5 Å². The van der Waals surface area contributed by atoms with Gasteiger partial charge in [0.25, 0.3) is 11.8 Å². The fourth-order valence-corrected chi connectivity index (χ4v) is 2.87. The first-order valence-electron chi connectivity index (χ1n) is 8.14. The van der Waals surface area contributed by atoms with Crippen LogP contribution in [0.15, 0.2) is 42.0 Å². The van der Waals surface area contributed by atoms with Crippen molar-refractivity contribution in [3.05, 3.63) is 57.6 Å². The van der Waals surface area contributed by atoms with E-state index in [0.29, 0.717) is 12.2 Å². The molecule has 2 aromatic carbocycles. The molecule has 7 nitrogen and oxygen atoms in total. The number of carbonyl (C=O) groups is 3. The molecular weight excluding hydrogens is 407 g/mol. The van der Waals surface area contributed by atoms with Gasteiger partial charge >= 0.3 is 6.03 Å². The van der Waals surface area contributed by atoms with E-state index in [4.69, 9.17) is 27.9 Å². The molecule has 0 radical (unpaired) electrons. The van der Waals surface area contributed by atoms with E-state index in [1.54, 1.807) is 6.92 Å². The number of anilines is 1. The van der Waals surface area contributed by atoms with E-state index in [-0.39, 0.29) is 32.8 Å². The number of hydrogen-bond donors (Lipinski definition) is 2. The molecule has 1 aliphatic rings. The van der Waals surface area contributed by atoms with Crippen LogP contribution in [0, 0.1) is 0 Å². The minimum absolute atomic E-state index is 0.0731. The van der Waals surface area contributed by atoms with Gasteiger partial charge < -0.3 is 9.84 Å². The van der Waals surface area contributed by atoms with E-state index in [1.165, 1.54) is 42.5 Å². The Morgan fingerprint density at radius 2 is 1.86 bits per heavy atom. The van der Waals surface area contributed by atoms with Crippen molar-refractivity contribution in [3.63, 3.8) is 0 Å². The van der Waals surface area contributed by atoms with Gasteiger partial charge in [-0.15, -0.1) is 0 Å². The van der Waals surface area contributed by atoms with Gasteiger partial charge in [0.05, 0.1) is 22.3 Å². The molecule has 1 fully saturated rings.